The molecule has 180 valence electrons. The topological polar surface area (TPSA) is 67.9 Å². The fraction of sp³-hybridized carbons (Fsp3) is 0.481. The number of carbonyl (C=O) groups is 2. The van der Waals surface area contributed by atoms with Crippen LogP contribution < -0.4 is 14.8 Å². The van der Waals surface area contributed by atoms with Gasteiger partial charge in [0.1, 0.15) is 17.5 Å². The number of hydrogen-bond donors (Lipinski definition) is 1. The summed E-state index contributed by atoms with van der Waals surface area (Å²) in [5.41, 5.74) is 2.12. The number of methoxy groups -OCH3 is 1. The van der Waals surface area contributed by atoms with Crippen LogP contribution in [0.2, 0.25) is 0 Å². The standard InChI is InChI=1S/C27H38N2O4/c1-7-8-16-28-26(31)20(2)29(18-21-10-9-11-24(17-21)32-6)25(30)19-33-23-14-12-22(13-15-23)27(3,4)5/h9-15,17,20H,7-8,16,18-19H2,1-6H3,(H,28,31)/t20-/m0/s1. The minimum absolute atomic E-state index is 0.0441. The summed E-state index contributed by atoms with van der Waals surface area (Å²) in [5.74, 6) is 0.901. The van der Waals surface area contributed by atoms with Gasteiger partial charge in [-0.15, -0.1) is 0 Å². The van der Waals surface area contributed by atoms with Crippen molar-refractivity contribution in [1.29, 1.82) is 0 Å². The second-order valence-electron chi connectivity index (χ2n) is 9.26. The number of benzene rings is 2. The fourth-order valence-corrected chi connectivity index (χ4v) is 3.37. The van der Waals surface area contributed by atoms with Gasteiger partial charge in [0.15, 0.2) is 6.61 Å². The molecule has 0 aliphatic carbocycles. The van der Waals surface area contributed by atoms with E-state index in [4.69, 9.17) is 9.47 Å². The molecule has 6 nitrogen and oxygen atoms in total. The fourth-order valence-electron chi connectivity index (χ4n) is 3.37. The monoisotopic (exact) mass is 454 g/mol. The molecule has 2 aromatic rings. The Labute approximate surface area is 198 Å². The van der Waals surface area contributed by atoms with E-state index < -0.39 is 6.04 Å². The molecule has 1 N–H and O–H groups in total. The molecule has 0 unspecified atom stereocenters. The molecule has 1 atom stereocenters. The molecule has 2 aromatic carbocycles. The smallest absolute Gasteiger partial charge is 0.261 e. The van der Waals surface area contributed by atoms with Gasteiger partial charge in [0.25, 0.3) is 5.91 Å². The van der Waals surface area contributed by atoms with Crippen molar-refractivity contribution in [1.82, 2.24) is 10.2 Å². The molecule has 33 heavy (non-hydrogen) atoms. The van der Waals surface area contributed by atoms with Crippen molar-refractivity contribution in [2.75, 3.05) is 20.3 Å². The second kappa shape index (κ2) is 12.3. The lowest BCUT2D eigenvalue weighted by molar-refractivity contribution is -0.142. The molecule has 0 saturated carbocycles. The molecular weight excluding hydrogens is 416 g/mol. The first-order valence-electron chi connectivity index (χ1n) is 11.6. The lowest BCUT2D eigenvalue weighted by Crippen LogP contribution is -2.49. The van der Waals surface area contributed by atoms with Crippen LogP contribution in [-0.4, -0.2) is 43.0 Å². The van der Waals surface area contributed by atoms with E-state index in [1.54, 1.807) is 18.9 Å². The molecule has 0 radical (unpaired) electrons. The maximum atomic E-state index is 13.2. The normalized spacial score (nSPS) is 12.1. The molecule has 0 bridgehead atoms. The quantitative estimate of drug-likeness (QED) is 0.500. The molecule has 0 spiro atoms. The van der Waals surface area contributed by atoms with E-state index in [9.17, 15) is 9.59 Å². The Hall–Kier alpha value is -3.02. The summed E-state index contributed by atoms with van der Waals surface area (Å²) in [6.07, 6.45) is 1.89. The van der Waals surface area contributed by atoms with Crippen molar-refractivity contribution in [3.05, 3.63) is 59.7 Å². The Bertz CT molecular complexity index is 903. The summed E-state index contributed by atoms with van der Waals surface area (Å²) in [6.45, 7) is 11.0. The first-order valence-corrected chi connectivity index (χ1v) is 11.6. The minimum atomic E-state index is -0.632. The van der Waals surface area contributed by atoms with Crippen molar-refractivity contribution >= 4 is 11.8 Å². The van der Waals surface area contributed by atoms with Gasteiger partial charge in [-0.2, -0.15) is 0 Å². The number of carbonyl (C=O) groups excluding carboxylic acids is 2. The van der Waals surface area contributed by atoms with Crippen LogP contribution in [0, 0.1) is 0 Å². The van der Waals surface area contributed by atoms with Crippen LogP contribution in [0.15, 0.2) is 48.5 Å². The Kier molecular flexibility index (Phi) is 9.76. The highest BCUT2D eigenvalue weighted by Gasteiger charge is 2.26. The van der Waals surface area contributed by atoms with E-state index in [1.165, 1.54) is 5.56 Å². The van der Waals surface area contributed by atoms with Crippen LogP contribution in [0.5, 0.6) is 11.5 Å². The maximum Gasteiger partial charge on any atom is 0.261 e. The summed E-state index contributed by atoms with van der Waals surface area (Å²) in [4.78, 5) is 27.4. The predicted octanol–water partition coefficient (Wildman–Crippen LogP) is 4.71. The average molecular weight is 455 g/mol. The lowest BCUT2D eigenvalue weighted by atomic mass is 9.87. The van der Waals surface area contributed by atoms with Crippen LogP contribution in [-0.2, 0) is 21.5 Å². The Balaban J connectivity index is 2.13. The van der Waals surface area contributed by atoms with E-state index in [1.807, 2.05) is 48.5 Å². The summed E-state index contributed by atoms with van der Waals surface area (Å²) >= 11 is 0. The third-order valence-corrected chi connectivity index (χ3v) is 5.57. The van der Waals surface area contributed by atoms with Crippen molar-refractivity contribution in [3.63, 3.8) is 0 Å². The highest BCUT2D eigenvalue weighted by Crippen LogP contribution is 2.24. The zero-order valence-corrected chi connectivity index (χ0v) is 20.8. The first-order chi connectivity index (χ1) is 15.7. The molecule has 0 aromatic heterocycles. The van der Waals surface area contributed by atoms with E-state index in [2.05, 4.69) is 33.0 Å². The van der Waals surface area contributed by atoms with Crippen molar-refractivity contribution in [2.45, 2.75) is 65.5 Å². The summed E-state index contributed by atoms with van der Waals surface area (Å²) in [6, 6.07) is 14.6. The number of hydrogen-bond acceptors (Lipinski definition) is 4. The first kappa shape index (κ1) is 26.2. The highest BCUT2D eigenvalue weighted by atomic mass is 16.5. The van der Waals surface area contributed by atoms with Crippen LogP contribution in [0.25, 0.3) is 0 Å². The van der Waals surface area contributed by atoms with Crippen molar-refractivity contribution in [3.8, 4) is 11.5 Å². The molecule has 6 heteroatoms. The summed E-state index contributed by atoms with van der Waals surface area (Å²) < 4.78 is 11.1. The lowest BCUT2D eigenvalue weighted by Gasteiger charge is -2.29. The minimum Gasteiger partial charge on any atom is -0.497 e. The Morgan fingerprint density at radius 3 is 2.36 bits per heavy atom. The van der Waals surface area contributed by atoms with E-state index in [0.29, 0.717) is 18.0 Å². The summed E-state index contributed by atoms with van der Waals surface area (Å²) in [7, 11) is 1.60. The average Bonchev–Trinajstić information content (AvgIpc) is 2.80. The van der Waals surface area contributed by atoms with Gasteiger partial charge in [0.05, 0.1) is 7.11 Å². The van der Waals surface area contributed by atoms with Crippen LogP contribution in [0.4, 0.5) is 0 Å². The number of nitrogens with one attached hydrogen (secondary N) is 1. The highest BCUT2D eigenvalue weighted by molar-refractivity contribution is 5.87. The van der Waals surface area contributed by atoms with Crippen molar-refractivity contribution < 1.29 is 19.1 Å². The predicted molar refractivity (Wildman–Crippen MR) is 132 cm³/mol. The Morgan fingerprint density at radius 1 is 1.06 bits per heavy atom. The number of amides is 2. The van der Waals surface area contributed by atoms with Gasteiger partial charge in [-0.1, -0.05) is 58.4 Å². The molecule has 0 aliphatic heterocycles. The number of ether oxygens (including phenoxy) is 2. The summed E-state index contributed by atoms with van der Waals surface area (Å²) in [5, 5.41) is 2.92. The van der Waals surface area contributed by atoms with Crippen LogP contribution in [0.1, 0.15) is 58.6 Å². The zero-order valence-electron chi connectivity index (χ0n) is 20.8. The molecular formula is C27H38N2O4. The largest absolute Gasteiger partial charge is 0.497 e. The number of unbranched alkanes of at least 4 members (excludes halogenated alkanes) is 1. The van der Waals surface area contributed by atoms with E-state index >= 15 is 0 Å². The molecule has 2 amide bonds. The molecule has 0 fully saturated rings. The van der Waals surface area contributed by atoms with Gasteiger partial charge < -0.3 is 19.7 Å². The van der Waals surface area contributed by atoms with Gasteiger partial charge in [-0.25, -0.2) is 0 Å². The molecule has 0 saturated heterocycles. The SMILES string of the molecule is CCCCNC(=O)[C@H](C)N(Cc1cccc(OC)c1)C(=O)COc1ccc(C(C)(C)C)cc1. The second-order valence-corrected chi connectivity index (χ2v) is 9.26. The van der Waals surface area contributed by atoms with E-state index in [-0.39, 0.29) is 30.4 Å². The Morgan fingerprint density at radius 2 is 1.76 bits per heavy atom. The molecule has 2 rings (SSSR count). The van der Waals surface area contributed by atoms with Gasteiger partial charge in [-0.3, -0.25) is 9.59 Å². The van der Waals surface area contributed by atoms with Crippen LogP contribution >= 0.6 is 0 Å². The van der Waals surface area contributed by atoms with Gasteiger partial charge in [-0.05, 0) is 54.2 Å². The maximum absolute atomic E-state index is 13.2. The van der Waals surface area contributed by atoms with Gasteiger partial charge in [0, 0.05) is 13.1 Å². The third-order valence-electron chi connectivity index (χ3n) is 5.57. The number of nitrogens with zero attached hydrogens (tertiary/aromatic N) is 1. The number of rotatable bonds is 11. The van der Waals surface area contributed by atoms with Crippen LogP contribution in [0.3, 0.4) is 0 Å². The van der Waals surface area contributed by atoms with E-state index in [0.717, 1.165) is 18.4 Å². The van der Waals surface area contributed by atoms with Crippen molar-refractivity contribution in [2.24, 2.45) is 0 Å². The third kappa shape index (κ3) is 8.12. The van der Waals surface area contributed by atoms with Gasteiger partial charge >= 0.3 is 0 Å². The van der Waals surface area contributed by atoms with Gasteiger partial charge in [0.2, 0.25) is 5.91 Å². The molecule has 0 heterocycles. The zero-order chi connectivity index (χ0) is 24.4. The molecule has 0 aliphatic rings.